The average Bonchev–Trinajstić information content (AvgIpc) is 3.00. The highest BCUT2D eigenvalue weighted by molar-refractivity contribution is 5.82. The molecule has 2 N–H and O–H groups in total. The molecule has 0 amide bonds. The molecule has 4 heteroatoms. The second-order valence-corrected chi connectivity index (χ2v) is 5.11. The molecule has 0 saturated heterocycles. The lowest BCUT2D eigenvalue weighted by atomic mass is 10.2. The molecule has 0 saturated carbocycles. The van der Waals surface area contributed by atoms with Gasteiger partial charge in [-0.3, -0.25) is 0 Å². The summed E-state index contributed by atoms with van der Waals surface area (Å²) in [5.41, 5.74) is 3.44. The lowest BCUT2D eigenvalue weighted by molar-refractivity contribution is 0.171. The van der Waals surface area contributed by atoms with Crippen molar-refractivity contribution >= 4 is 16.6 Å². The van der Waals surface area contributed by atoms with Gasteiger partial charge in [-0.25, -0.2) is 0 Å². The molecule has 1 aliphatic rings. The van der Waals surface area contributed by atoms with Crippen LogP contribution in [0.25, 0.3) is 10.9 Å². The van der Waals surface area contributed by atoms with Gasteiger partial charge in [0.2, 0.25) is 0 Å². The Balaban J connectivity index is 1.50. The van der Waals surface area contributed by atoms with Gasteiger partial charge in [0, 0.05) is 29.3 Å². The van der Waals surface area contributed by atoms with Gasteiger partial charge in [0.1, 0.15) is 13.2 Å². The number of rotatable bonds is 3. The lowest BCUT2D eigenvalue weighted by Gasteiger charge is -2.19. The Bertz CT molecular complexity index is 779. The third-order valence-corrected chi connectivity index (χ3v) is 3.66. The molecule has 2 heterocycles. The van der Waals surface area contributed by atoms with Gasteiger partial charge in [0.15, 0.2) is 11.5 Å². The van der Waals surface area contributed by atoms with E-state index in [0.717, 1.165) is 29.2 Å². The van der Waals surface area contributed by atoms with E-state index in [0.29, 0.717) is 13.2 Å². The zero-order valence-corrected chi connectivity index (χ0v) is 11.6. The minimum absolute atomic E-state index is 0.619. The van der Waals surface area contributed by atoms with Crippen molar-refractivity contribution in [2.24, 2.45) is 0 Å². The summed E-state index contributed by atoms with van der Waals surface area (Å²) in [4.78, 5) is 3.20. The Morgan fingerprint density at radius 2 is 1.86 bits per heavy atom. The number of benzene rings is 2. The average molecular weight is 280 g/mol. The summed E-state index contributed by atoms with van der Waals surface area (Å²) < 4.78 is 11.1. The number of aromatic amines is 1. The van der Waals surface area contributed by atoms with Crippen molar-refractivity contribution in [2.75, 3.05) is 18.5 Å². The van der Waals surface area contributed by atoms with Crippen LogP contribution in [0.4, 0.5) is 5.69 Å². The quantitative estimate of drug-likeness (QED) is 0.771. The molecule has 0 atom stereocenters. The van der Waals surface area contributed by atoms with Crippen LogP contribution in [0.3, 0.4) is 0 Å². The number of fused-ring (bicyclic) bond motifs is 2. The maximum atomic E-state index is 5.61. The van der Waals surface area contributed by atoms with Crippen LogP contribution < -0.4 is 14.8 Å². The van der Waals surface area contributed by atoms with Crippen LogP contribution in [0.15, 0.2) is 48.7 Å². The summed E-state index contributed by atoms with van der Waals surface area (Å²) in [6.07, 6.45) is 1.95. The molecule has 4 rings (SSSR count). The van der Waals surface area contributed by atoms with E-state index >= 15 is 0 Å². The first-order valence-corrected chi connectivity index (χ1v) is 7.08. The topological polar surface area (TPSA) is 46.3 Å². The van der Waals surface area contributed by atoms with E-state index in [9.17, 15) is 0 Å². The third kappa shape index (κ3) is 2.40. The summed E-state index contributed by atoms with van der Waals surface area (Å²) in [6, 6.07) is 14.5. The van der Waals surface area contributed by atoms with Crippen LogP contribution in [-0.2, 0) is 6.54 Å². The van der Waals surface area contributed by atoms with E-state index in [1.807, 2.05) is 18.3 Å². The molecule has 0 aliphatic carbocycles. The number of anilines is 1. The Hall–Kier alpha value is -2.62. The van der Waals surface area contributed by atoms with Gasteiger partial charge in [0.05, 0.1) is 0 Å². The Kier molecular flexibility index (Phi) is 2.92. The minimum Gasteiger partial charge on any atom is -0.486 e. The number of hydrogen-bond donors (Lipinski definition) is 2. The van der Waals surface area contributed by atoms with E-state index in [4.69, 9.17) is 9.47 Å². The summed E-state index contributed by atoms with van der Waals surface area (Å²) in [5.74, 6) is 1.67. The highest BCUT2D eigenvalue weighted by atomic mass is 16.6. The van der Waals surface area contributed by atoms with E-state index in [1.165, 1.54) is 10.9 Å². The summed E-state index contributed by atoms with van der Waals surface area (Å²) in [6.45, 7) is 2.00. The van der Waals surface area contributed by atoms with Gasteiger partial charge >= 0.3 is 0 Å². The van der Waals surface area contributed by atoms with Gasteiger partial charge < -0.3 is 19.8 Å². The predicted octanol–water partition coefficient (Wildman–Crippen LogP) is 3.55. The SMILES string of the molecule is c1cc2cc(NCc3ccc4c(c3)OCCO4)ccc2[nH]1. The van der Waals surface area contributed by atoms with E-state index in [1.54, 1.807) is 0 Å². The Morgan fingerprint density at radius 1 is 0.952 bits per heavy atom. The third-order valence-electron chi connectivity index (χ3n) is 3.66. The van der Waals surface area contributed by atoms with E-state index in [2.05, 4.69) is 40.6 Å². The maximum Gasteiger partial charge on any atom is 0.161 e. The highest BCUT2D eigenvalue weighted by Crippen LogP contribution is 2.31. The zero-order chi connectivity index (χ0) is 14.1. The van der Waals surface area contributed by atoms with Crippen LogP contribution in [0, 0.1) is 0 Å². The standard InChI is InChI=1S/C17H16N2O2/c1-4-16-17(21-8-7-20-16)9-12(1)11-19-14-2-3-15-13(10-14)5-6-18-15/h1-6,9-10,18-19H,7-8,11H2. The number of H-pyrrole nitrogens is 1. The molecule has 106 valence electrons. The van der Waals surface area contributed by atoms with Crippen LogP contribution >= 0.6 is 0 Å². The number of nitrogens with one attached hydrogen (secondary N) is 2. The van der Waals surface area contributed by atoms with Crippen LogP contribution in [0.2, 0.25) is 0 Å². The molecule has 2 aromatic carbocycles. The van der Waals surface area contributed by atoms with Crippen LogP contribution in [-0.4, -0.2) is 18.2 Å². The number of hydrogen-bond acceptors (Lipinski definition) is 3. The molecule has 0 fully saturated rings. The highest BCUT2D eigenvalue weighted by Gasteiger charge is 2.11. The molecule has 0 unspecified atom stereocenters. The minimum atomic E-state index is 0.619. The van der Waals surface area contributed by atoms with Crippen LogP contribution in [0.1, 0.15) is 5.56 Å². The fraction of sp³-hybridized carbons (Fsp3) is 0.176. The zero-order valence-electron chi connectivity index (χ0n) is 11.6. The maximum absolute atomic E-state index is 5.61. The van der Waals surface area contributed by atoms with Crippen molar-refractivity contribution < 1.29 is 9.47 Å². The molecule has 3 aromatic rings. The molecule has 4 nitrogen and oxygen atoms in total. The predicted molar refractivity (Wildman–Crippen MR) is 83.1 cm³/mol. The summed E-state index contributed by atoms with van der Waals surface area (Å²) >= 11 is 0. The van der Waals surface area contributed by atoms with Crippen LogP contribution in [0.5, 0.6) is 11.5 Å². The van der Waals surface area contributed by atoms with Crippen molar-refractivity contribution in [1.29, 1.82) is 0 Å². The molecule has 0 spiro atoms. The second kappa shape index (κ2) is 5.05. The first-order valence-electron chi connectivity index (χ1n) is 7.08. The lowest BCUT2D eigenvalue weighted by Crippen LogP contribution is -2.15. The van der Waals surface area contributed by atoms with Gasteiger partial charge in [-0.05, 0) is 42.0 Å². The van der Waals surface area contributed by atoms with Crippen molar-refractivity contribution in [3.8, 4) is 11.5 Å². The molecular formula is C17H16N2O2. The van der Waals surface area contributed by atoms with Gasteiger partial charge in [0.25, 0.3) is 0 Å². The molecule has 1 aliphatic heterocycles. The van der Waals surface area contributed by atoms with Gasteiger partial charge in [-0.15, -0.1) is 0 Å². The Morgan fingerprint density at radius 3 is 2.81 bits per heavy atom. The molecule has 0 radical (unpaired) electrons. The Labute approximate surface area is 122 Å². The summed E-state index contributed by atoms with van der Waals surface area (Å²) in [5, 5.41) is 4.65. The van der Waals surface area contributed by atoms with Gasteiger partial charge in [-0.2, -0.15) is 0 Å². The van der Waals surface area contributed by atoms with E-state index < -0.39 is 0 Å². The summed E-state index contributed by atoms with van der Waals surface area (Å²) in [7, 11) is 0. The van der Waals surface area contributed by atoms with Crippen molar-refractivity contribution in [2.45, 2.75) is 6.54 Å². The fourth-order valence-electron chi connectivity index (χ4n) is 2.57. The molecule has 21 heavy (non-hydrogen) atoms. The smallest absolute Gasteiger partial charge is 0.161 e. The molecular weight excluding hydrogens is 264 g/mol. The number of aromatic nitrogens is 1. The molecule has 0 bridgehead atoms. The first-order chi connectivity index (χ1) is 10.4. The number of ether oxygens (including phenoxy) is 2. The largest absolute Gasteiger partial charge is 0.486 e. The monoisotopic (exact) mass is 280 g/mol. The fourth-order valence-corrected chi connectivity index (χ4v) is 2.57. The van der Waals surface area contributed by atoms with Gasteiger partial charge in [-0.1, -0.05) is 6.07 Å². The van der Waals surface area contributed by atoms with E-state index in [-0.39, 0.29) is 0 Å². The second-order valence-electron chi connectivity index (χ2n) is 5.11. The first kappa shape index (κ1) is 12.1. The normalized spacial score (nSPS) is 13.3. The van der Waals surface area contributed by atoms with Crippen molar-refractivity contribution in [3.05, 3.63) is 54.2 Å². The van der Waals surface area contributed by atoms with Crippen molar-refractivity contribution in [3.63, 3.8) is 0 Å². The molecule has 1 aromatic heterocycles. The van der Waals surface area contributed by atoms with Crippen molar-refractivity contribution in [1.82, 2.24) is 4.98 Å².